The minimum absolute atomic E-state index is 0. The molecule has 0 unspecified atom stereocenters. The van der Waals surface area contributed by atoms with E-state index >= 15 is 0 Å². The van der Waals surface area contributed by atoms with E-state index in [0.29, 0.717) is 12.0 Å². The monoisotopic (exact) mass is 401 g/mol. The average molecular weight is 401 g/mol. The van der Waals surface area contributed by atoms with E-state index in [0.717, 1.165) is 13.0 Å². The van der Waals surface area contributed by atoms with Gasteiger partial charge in [0.1, 0.15) is 0 Å². The zero-order valence-electron chi connectivity index (χ0n) is 13.0. The Bertz CT molecular complexity index is 437. The van der Waals surface area contributed by atoms with Gasteiger partial charge >= 0.3 is 0 Å². The Labute approximate surface area is 145 Å². The van der Waals surface area contributed by atoms with Crippen molar-refractivity contribution in [2.45, 2.75) is 57.9 Å². The van der Waals surface area contributed by atoms with Crippen molar-refractivity contribution in [3.05, 3.63) is 35.4 Å². The van der Waals surface area contributed by atoms with E-state index in [4.69, 9.17) is 5.73 Å². The number of hydrogen-bond acceptors (Lipinski definition) is 1. The SMILES string of the molecule is Cc1ccccc1CCN=C(N)NC1CCCCCC1.I. The number of benzene rings is 1. The number of aliphatic imine (C=N–C) groups is 1. The molecule has 1 aliphatic carbocycles. The number of guanidine groups is 1. The van der Waals surface area contributed by atoms with Gasteiger partial charge in [-0.05, 0) is 37.3 Å². The highest BCUT2D eigenvalue weighted by Crippen LogP contribution is 2.16. The molecule has 21 heavy (non-hydrogen) atoms. The lowest BCUT2D eigenvalue weighted by Gasteiger charge is -2.16. The third-order valence-corrected chi connectivity index (χ3v) is 4.13. The zero-order valence-corrected chi connectivity index (χ0v) is 15.3. The van der Waals surface area contributed by atoms with Gasteiger partial charge in [0.15, 0.2) is 5.96 Å². The molecule has 1 aromatic rings. The summed E-state index contributed by atoms with van der Waals surface area (Å²) >= 11 is 0. The fourth-order valence-corrected chi connectivity index (χ4v) is 2.87. The van der Waals surface area contributed by atoms with Gasteiger partial charge in [0.2, 0.25) is 0 Å². The Morgan fingerprint density at radius 2 is 1.86 bits per heavy atom. The molecule has 0 heterocycles. The van der Waals surface area contributed by atoms with Crippen LogP contribution >= 0.6 is 24.0 Å². The van der Waals surface area contributed by atoms with E-state index in [1.54, 1.807) is 0 Å². The molecule has 0 aromatic heterocycles. The fourth-order valence-electron chi connectivity index (χ4n) is 2.87. The Morgan fingerprint density at radius 1 is 1.19 bits per heavy atom. The van der Waals surface area contributed by atoms with Crippen molar-refractivity contribution in [3.63, 3.8) is 0 Å². The lowest BCUT2D eigenvalue weighted by molar-refractivity contribution is 0.530. The van der Waals surface area contributed by atoms with Crippen LogP contribution < -0.4 is 11.1 Å². The highest BCUT2D eigenvalue weighted by molar-refractivity contribution is 14.0. The molecule has 2 rings (SSSR count). The predicted octanol–water partition coefficient (Wildman–Crippen LogP) is 3.78. The highest BCUT2D eigenvalue weighted by atomic mass is 127. The van der Waals surface area contributed by atoms with Gasteiger partial charge in [-0.15, -0.1) is 24.0 Å². The molecule has 0 amide bonds. The summed E-state index contributed by atoms with van der Waals surface area (Å²) in [5.41, 5.74) is 8.69. The molecule has 0 radical (unpaired) electrons. The molecule has 0 spiro atoms. The quantitative estimate of drug-likeness (QED) is 0.349. The molecule has 1 aliphatic rings. The fraction of sp³-hybridized carbons (Fsp3) is 0.588. The van der Waals surface area contributed by atoms with Crippen LogP contribution in [0.25, 0.3) is 0 Å². The first kappa shape index (κ1) is 18.3. The van der Waals surface area contributed by atoms with Crippen molar-refractivity contribution in [1.29, 1.82) is 0 Å². The first-order valence-corrected chi connectivity index (χ1v) is 7.86. The average Bonchev–Trinajstić information content (AvgIpc) is 2.69. The normalized spacial score (nSPS) is 16.9. The third kappa shape index (κ3) is 6.68. The summed E-state index contributed by atoms with van der Waals surface area (Å²) in [5.74, 6) is 0.616. The number of nitrogens with two attached hydrogens (primary N) is 1. The number of hydrogen-bond donors (Lipinski definition) is 2. The maximum Gasteiger partial charge on any atom is 0.188 e. The second kappa shape index (κ2) is 10.0. The van der Waals surface area contributed by atoms with Crippen LogP contribution in [0.5, 0.6) is 0 Å². The Hall–Kier alpha value is -0.780. The maximum atomic E-state index is 6.00. The van der Waals surface area contributed by atoms with Crippen molar-refractivity contribution in [1.82, 2.24) is 5.32 Å². The van der Waals surface area contributed by atoms with Gasteiger partial charge in [-0.25, -0.2) is 0 Å². The predicted molar refractivity (Wildman–Crippen MR) is 101 cm³/mol. The molecule has 0 aliphatic heterocycles. The minimum Gasteiger partial charge on any atom is -0.370 e. The molecular weight excluding hydrogens is 373 g/mol. The van der Waals surface area contributed by atoms with Gasteiger partial charge in [0, 0.05) is 12.6 Å². The summed E-state index contributed by atoms with van der Waals surface area (Å²) in [6.07, 6.45) is 8.77. The van der Waals surface area contributed by atoms with Crippen molar-refractivity contribution in [2.24, 2.45) is 10.7 Å². The third-order valence-electron chi connectivity index (χ3n) is 4.13. The second-order valence-corrected chi connectivity index (χ2v) is 5.78. The molecule has 4 heteroatoms. The summed E-state index contributed by atoms with van der Waals surface area (Å²) < 4.78 is 0. The minimum atomic E-state index is 0. The largest absolute Gasteiger partial charge is 0.370 e. The second-order valence-electron chi connectivity index (χ2n) is 5.78. The van der Waals surface area contributed by atoms with Crippen LogP contribution in [0.15, 0.2) is 29.3 Å². The number of halogens is 1. The van der Waals surface area contributed by atoms with Crippen LogP contribution in [0, 0.1) is 6.92 Å². The smallest absolute Gasteiger partial charge is 0.188 e. The van der Waals surface area contributed by atoms with Gasteiger partial charge in [-0.3, -0.25) is 4.99 Å². The molecule has 0 bridgehead atoms. The maximum absolute atomic E-state index is 6.00. The molecule has 1 aromatic carbocycles. The van der Waals surface area contributed by atoms with Crippen LogP contribution in [-0.4, -0.2) is 18.5 Å². The molecule has 0 saturated heterocycles. The molecule has 3 nitrogen and oxygen atoms in total. The summed E-state index contributed by atoms with van der Waals surface area (Å²) in [6.45, 7) is 2.91. The number of rotatable bonds is 4. The van der Waals surface area contributed by atoms with E-state index in [9.17, 15) is 0 Å². The zero-order chi connectivity index (χ0) is 14.2. The summed E-state index contributed by atoms with van der Waals surface area (Å²) in [6, 6.07) is 8.99. The van der Waals surface area contributed by atoms with Crippen LogP contribution in [0.1, 0.15) is 49.7 Å². The van der Waals surface area contributed by atoms with Crippen molar-refractivity contribution in [2.75, 3.05) is 6.54 Å². The molecule has 1 saturated carbocycles. The van der Waals surface area contributed by atoms with E-state index in [1.807, 2.05) is 0 Å². The van der Waals surface area contributed by atoms with Gasteiger partial charge < -0.3 is 11.1 Å². The lowest BCUT2D eigenvalue weighted by atomic mass is 10.1. The van der Waals surface area contributed by atoms with Crippen molar-refractivity contribution in [3.8, 4) is 0 Å². The van der Waals surface area contributed by atoms with Gasteiger partial charge in [0.05, 0.1) is 0 Å². The van der Waals surface area contributed by atoms with Gasteiger partial charge in [0.25, 0.3) is 0 Å². The van der Waals surface area contributed by atoms with Gasteiger partial charge in [-0.1, -0.05) is 49.9 Å². The highest BCUT2D eigenvalue weighted by Gasteiger charge is 2.12. The molecule has 118 valence electrons. The lowest BCUT2D eigenvalue weighted by Crippen LogP contribution is -2.40. The van der Waals surface area contributed by atoms with Gasteiger partial charge in [-0.2, -0.15) is 0 Å². The van der Waals surface area contributed by atoms with E-state index in [-0.39, 0.29) is 24.0 Å². The summed E-state index contributed by atoms with van der Waals surface area (Å²) in [5, 5.41) is 3.39. The van der Waals surface area contributed by atoms with Crippen molar-refractivity contribution >= 4 is 29.9 Å². The van der Waals surface area contributed by atoms with Crippen LogP contribution in [0.2, 0.25) is 0 Å². The molecule has 3 N–H and O–H groups in total. The first-order valence-electron chi connectivity index (χ1n) is 7.86. The first-order chi connectivity index (χ1) is 9.75. The Balaban J connectivity index is 0.00000220. The standard InChI is InChI=1S/C17H27N3.HI/c1-14-8-6-7-9-15(14)12-13-19-17(18)20-16-10-4-2-3-5-11-16;/h6-9,16H,2-5,10-13H2,1H3,(H3,18,19,20);1H. The van der Waals surface area contributed by atoms with Crippen LogP contribution in [0.3, 0.4) is 0 Å². The molecule has 1 fully saturated rings. The summed E-state index contributed by atoms with van der Waals surface area (Å²) in [7, 11) is 0. The Morgan fingerprint density at radius 3 is 2.52 bits per heavy atom. The molecule has 0 atom stereocenters. The molecular formula is C17H28IN3. The Kier molecular flexibility index (Phi) is 8.73. The van der Waals surface area contributed by atoms with Crippen molar-refractivity contribution < 1.29 is 0 Å². The number of nitrogens with one attached hydrogen (secondary N) is 1. The van der Waals surface area contributed by atoms with E-state index < -0.39 is 0 Å². The van der Waals surface area contributed by atoms with E-state index in [2.05, 4.69) is 41.5 Å². The topological polar surface area (TPSA) is 50.4 Å². The summed E-state index contributed by atoms with van der Waals surface area (Å²) in [4.78, 5) is 4.47. The van der Waals surface area contributed by atoms with Crippen LogP contribution in [0.4, 0.5) is 0 Å². The number of aryl methyl sites for hydroxylation is 1. The van der Waals surface area contributed by atoms with E-state index in [1.165, 1.54) is 49.7 Å². The number of nitrogens with zero attached hydrogens (tertiary/aromatic N) is 1. The van der Waals surface area contributed by atoms with Crippen LogP contribution in [-0.2, 0) is 6.42 Å².